The Balaban J connectivity index is 1.57. The maximum absolute atomic E-state index is 12.2. The number of amides is 2. The van der Waals surface area contributed by atoms with Gasteiger partial charge in [0.2, 0.25) is 5.91 Å². The smallest absolute Gasteiger partial charge is 0.270 e. The van der Waals surface area contributed by atoms with Gasteiger partial charge in [0.25, 0.3) is 11.6 Å². The summed E-state index contributed by atoms with van der Waals surface area (Å²) in [6.45, 7) is 0.0726. The highest BCUT2D eigenvalue weighted by molar-refractivity contribution is 6.04. The first-order valence-corrected chi connectivity index (χ1v) is 8.39. The van der Waals surface area contributed by atoms with Crippen LogP contribution in [-0.4, -0.2) is 32.6 Å². The minimum atomic E-state index is -0.558. The van der Waals surface area contributed by atoms with Gasteiger partial charge in [-0.3, -0.25) is 24.4 Å². The zero-order valence-corrected chi connectivity index (χ0v) is 14.1. The summed E-state index contributed by atoms with van der Waals surface area (Å²) in [4.78, 5) is 34.4. The first-order chi connectivity index (χ1) is 12.5. The molecule has 3 rings (SSSR count). The van der Waals surface area contributed by atoms with E-state index in [-0.39, 0.29) is 29.7 Å². The van der Waals surface area contributed by atoms with Gasteiger partial charge in [-0.2, -0.15) is 5.10 Å². The number of non-ortho nitro benzene ring substituents is 1. The molecule has 0 radical (unpaired) electrons. The molecule has 1 fully saturated rings. The van der Waals surface area contributed by atoms with Gasteiger partial charge in [0.1, 0.15) is 6.54 Å². The molecule has 0 bridgehead atoms. The van der Waals surface area contributed by atoms with E-state index in [9.17, 15) is 19.7 Å². The Morgan fingerprint density at radius 2 is 2.08 bits per heavy atom. The second kappa shape index (κ2) is 7.77. The van der Waals surface area contributed by atoms with E-state index in [1.54, 1.807) is 6.20 Å². The van der Waals surface area contributed by atoms with Crippen LogP contribution in [0.25, 0.3) is 0 Å². The van der Waals surface area contributed by atoms with E-state index < -0.39 is 10.8 Å². The largest absolute Gasteiger partial charge is 0.352 e. The van der Waals surface area contributed by atoms with Gasteiger partial charge in [-0.1, -0.05) is 18.9 Å². The molecule has 9 heteroatoms. The first kappa shape index (κ1) is 17.6. The number of hydrogen-bond donors (Lipinski definition) is 2. The second-order valence-corrected chi connectivity index (χ2v) is 6.24. The van der Waals surface area contributed by atoms with Crippen LogP contribution in [0, 0.1) is 10.1 Å². The normalized spacial score (nSPS) is 14.2. The highest BCUT2D eigenvalue weighted by atomic mass is 16.6. The van der Waals surface area contributed by atoms with Gasteiger partial charge in [-0.25, -0.2) is 0 Å². The molecule has 26 heavy (non-hydrogen) atoms. The molecule has 0 unspecified atom stereocenters. The fourth-order valence-electron chi connectivity index (χ4n) is 2.97. The number of nitrogens with zero attached hydrogens (tertiary/aromatic N) is 3. The molecule has 1 aliphatic rings. The molecular formula is C17H19N5O4. The third-order valence-electron chi connectivity index (χ3n) is 4.24. The van der Waals surface area contributed by atoms with Crippen molar-refractivity contribution in [3.05, 3.63) is 52.3 Å². The standard InChI is InChI=1S/C17H19N5O4/c23-16(19-13-5-1-2-6-13)11-21-10-14(9-18-21)20-17(24)12-4-3-7-15(8-12)22(25)26/h3-4,7-10,13H,1-2,5-6,11H2,(H,19,23)(H,20,24). The number of benzene rings is 1. The molecule has 2 N–H and O–H groups in total. The van der Waals surface area contributed by atoms with Gasteiger partial charge in [0.15, 0.2) is 0 Å². The monoisotopic (exact) mass is 357 g/mol. The van der Waals surface area contributed by atoms with Crippen LogP contribution in [0.15, 0.2) is 36.7 Å². The molecule has 136 valence electrons. The molecule has 1 heterocycles. The van der Waals surface area contributed by atoms with Crippen molar-refractivity contribution in [1.29, 1.82) is 0 Å². The maximum atomic E-state index is 12.2. The van der Waals surface area contributed by atoms with Crippen molar-refractivity contribution in [2.24, 2.45) is 0 Å². The van der Waals surface area contributed by atoms with Gasteiger partial charge in [0, 0.05) is 29.9 Å². The lowest BCUT2D eigenvalue weighted by Gasteiger charge is -2.11. The van der Waals surface area contributed by atoms with Gasteiger partial charge < -0.3 is 10.6 Å². The Morgan fingerprint density at radius 1 is 1.31 bits per heavy atom. The van der Waals surface area contributed by atoms with E-state index in [1.807, 2.05) is 0 Å². The van der Waals surface area contributed by atoms with Crippen molar-refractivity contribution in [1.82, 2.24) is 15.1 Å². The summed E-state index contributed by atoms with van der Waals surface area (Å²) < 4.78 is 1.44. The highest BCUT2D eigenvalue weighted by Crippen LogP contribution is 2.18. The lowest BCUT2D eigenvalue weighted by Crippen LogP contribution is -2.35. The van der Waals surface area contributed by atoms with Crippen LogP contribution in [0.1, 0.15) is 36.0 Å². The minimum absolute atomic E-state index is 0.0726. The fourth-order valence-corrected chi connectivity index (χ4v) is 2.97. The van der Waals surface area contributed by atoms with Crippen LogP contribution in [-0.2, 0) is 11.3 Å². The molecule has 0 aliphatic heterocycles. The predicted octanol–water partition coefficient (Wildman–Crippen LogP) is 2.10. The van der Waals surface area contributed by atoms with Crippen LogP contribution in [0.2, 0.25) is 0 Å². The Morgan fingerprint density at radius 3 is 2.81 bits per heavy atom. The van der Waals surface area contributed by atoms with Crippen molar-refractivity contribution < 1.29 is 14.5 Å². The average molecular weight is 357 g/mol. The van der Waals surface area contributed by atoms with E-state index in [0.717, 1.165) is 25.7 Å². The number of nitro groups is 1. The molecule has 9 nitrogen and oxygen atoms in total. The van der Waals surface area contributed by atoms with Gasteiger partial charge in [-0.05, 0) is 18.9 Å². The minimum Gasteiger partial charge on any atom is -0.352 e. The number of rotatable bonds is 6. The van der Waals surface area contributed by atoms with Gasteiger partial charge in [0.05, 0.1) is 16.8 Å². The van der Waals surface area contributed by atoms with E-state index >= 15 is 0 Å². The number of carbonyl (C=O) groups excluding carboxylic acids is 2. The van der Waals surface area contributed by atoms with Crippen LogP contribution < -0.4 is 10.6 Å². The number of nitrogens with one attached hydrogen (secondary N) is 2. The van der Waals surface area contributed by atoms with Crippen LogP contribution in [0.3, 0.4) is 0 Å². The molecule has 1 aromatic carbocycles. The lowest BCUT2D eigenvalue weighted by atomic mass is 10.2. The predicted molar refractivity (Wildman–Crippen MR) is 93.7 cm³/mol. The van der Waals surface area contributed by atoms with E-state index in [2.05, 4.69) is 15.7 Å². The molecule has 2 amide bonds. The Bertz CT molecular complexity index is 826. The molecule has 1 aliphatic carbocycles. The third-order valence-corrected chi connectivity index (χ3v) is 4.24. The quantitative estimate of drug-likeness (QED) is 0.606. The number of nitro benzene ring substituents is 1. The van der Waals surface area contributed by atoms with Crippen LogP contribution >= 0.6 is 0 Å². The van der Waals surface area contributed by atoms with Gasteiger partial charge >= 0.3 is 0 Å². The zero-order valence-electron chi connectivity index (χ0n) is 14.1. The molecule has 0 atom stereocenters. The number of hydrogen-bond acceptors (Lipinski definition) is 5. The fraction of sp³-hybridized carbons (Fsp3) is 0.353. The first-order valence-electron chi connectivity index (χ1n) is 8.39. The van der Waals surface area contributed by atoms with Crippen molar-refractivity contribution in [3.63, 3.8) is 0 Å². The van der Waals surface area contributed by atoms with E-state index in [0.29, 0.717) is 5.69 Å². The maximum Gasteiger partial charge on any atom is 0.270 e. The van der Waals surface area contributed by atoms with Crippen LogP contribution in [0.5, 0.6) is 0 Å². The van der Waals surface area contributed by atoms with Crippen molar-refractivity contribution in [3.8, 4) is 0 Å². The molecule has 0 spiro atoms. The summed E-state index contributed by atoms with van der Waals surface area (Å²) in [6.07, 6.45) is 7.27. The van der Waals surface area contributed by atoms with E-state index in [1.165, 1.54) is 35.1 Å². The number of anilines is 1. The Labute approximate surface area is 149 Å². The molecular weight excluding hydrogens is 338 g/mol. The lowest BCUT2D eigenvalue weighted by molar-refractivity contribution is -0.384. The molecule has 2 aromatic rings. The summed E-state index contributed by atoms with van der Waals surface area (Å²) >= 11 is 0. The average Bonchev–Trinajstić information content (AvgIpc) is 3.27. The summed E-state index contributed by atoms with van der Waals surface area (Å²) in [5, 5.41) is 20.4. The zero-order chi connectivity index (χ0) is 18.5. The molecule has 1 aromatic heterocycles. The Hall–Kier alpha value is -3.23. The summed E-state index contributed by atoms with van der Waals surface area (Å²) in [5.74, 6) is -0.597. The highest BCUT2D eigenvalue weighted by Gasteiger charge is 2.17. The SMILES string of the molecule is O=C(Cn1cc(NC(=O)c2cccc([N+](=O)[O-])c2)cn1)NC1CCCC1. The van der Waals surface area contributed by atoms with Crippen LogP contribution in [0.4, 0.5) is 11.4 Å². The second-order valence-electron chi connectivity index (χ2n) is 6.24. The number of aromatic nitrogens is 2. The summed E-state index contributed by atoms with van der Waals surface area (Å²) in [6, 6.07) is 5.70. The summed E-state index contributed by atoms with van der Waals surface area (Å²) in [7, 11) is 0. The van der Waals surface area contributed by atoms with Crippen molar-refractivity contribution in [2.75, 3.05) is 5.32 Å². The molecule has 0 saturated heterocycles. The van der Waals surface area contributed by atoms with Crippen molar-refractivity contribution in [2.45, 2.75) is 38.3 Å². The number of carbonyl (C=O) groups is 2. The third kappa shape index (κ3) is 4.44. The van der Waals surface area contributed by atoms with Crippen molar-refractivity contribution >= 4 is 23.2 Å². The molecule has 1 saturated carbocycles. The Kier molecular flexibility index (Phi) is 5.26. The van der Waals surface area contributed by atoms with E-state index in [4.69, 9.17) is 0 Å². The van der Waals surface area contributed by atoms with Gasteiger partial charge in [-0.15, -0.1) is 0 Å². The topological polar surface area (TPSA) is 119 Å². The summed E-state index contributed by atoms with van der Waals surface area (Å²) in [5.41, 5.74) is 0.429.